The van der Waals surface area contributed by atoms with E-state index in [0.29, 0.717) is 17.9 Å². The van der Waals surface area contributed by atoms with Crippen LogP contribution in [-0.4, -0.2) is 11.1 Å². The van der Waals surface area contributed by atoms with Gasteiger partial charge in [0, 0.05) is 12.5 Å². The van der Waals surface area contributed by atoms with Gasteiger partial charge in [-0.25, -0.2) is 0 Å². The first-order chi connectivity index (χ1) is 17.7. The highest BCUT2D eigenvalue weighted by molar-refractivity contribution is 5.67. The molecule has 0 spiro atoms. The molecule has 0 saturated heterocycles. The molecule has 0 heterocycles. The Kier molecular flexibility index (Phi) is 7.67. The molecule has 0 radical (unpaired) electrons. The number of para-hydroxylation sites is 2. The van der Waals surface area contributed by atoms with Gasteiger partial charge in [0.2, 0.25) is 0 Å². The van der Waals surface area contributed by atoms with Crippen molar-refractivity contribution >= 4 is 5.97 Å². The molecule has 4 aromatic rings. The molecule has 0 saturated carbocycles. The summed E-state index contributed by atoms with van der Waals surface area (Å²) in [6.45, 7) is 1.87. The summed E-state index contributed by atoms with van der Waals surface area (Å²) < 4.78 is 58.6. The lowest BCUT2D eigenvalue weighted by Gasteiger charge is -2.18. The van der Waals surface area contributed by atoms with Gasteiger partial charge in [-0.1, -0.05) is 36.4 Å². The number of aliphatic carboxylic acids is 1. The Morgan fingerprint density at radius 2 is 1.41 bits per heavy atom. The molecule has 8 heteroatoms. The van der Waals surface area contributed by atoms with E-state index in [9.17, 15) is 18.0 Å². The van der Waals surface area contributed by atoms with E-state index in [2.05, 4.69) is 0 Å². The van der Waals surface area contributed by atoms with Gasteiger partial charge in [-0.15, -0.1) is 0 Å². The molecular weight excluding hydrogens is 485 g/mol. The Hall–Kier alpha value is -4.46. The Bertz CT molecular complexity index is 1380. The molecule has 37 heavy (non-hydrogen) atoms. The second-order valence-corrected chi connectivity index (χ2v) is 8.21. The quantitative estimate of drug-likeness (QED) is 0.246. The summed E-state index contributed by atoms with van der Waals surface area (Å²) >= 11 is 0. The number of ether oxygens (including phenoxy) is 3. The van der Waals surface area contributed by atoms with Gasteiger partial charge in [0.1, 0.15) is 28.6 Å². The lowest BCUT2D eigenvalue weighted by molar-refractivity contribution is -0.139. The SMILES string of the molecule is Cc1cc(Oc2cccc(Oc3cccc(C(F)(F)F)c3Oc3ccccc3)c2)ccc1CCC(=O)O. The van der Waals surface area contributed by atoms with E-state index in [1.165, 1.54) is 12.1 Å². The lowest BCUT2D eigenvalue weighted by Crippen LogP contribution is -2.08. The second-order valence-electron chi connectivity index (χ2n) is 8.21. The van der Waals surface area contributed by atoms with Gasteiger partial charge in [0.25, 0.3) is 0 Å². The molecule has 190 valence electrons. The third-order valence-corrected chi connectivity index (χ3v) is 5.44. The minimum atomic E-state index is -4.65. The van der Waals surface area contributed by atoms with Crippen molar-refractivity contribution in [2.45, 2.75) is 25.9 Å². The number of carboxylic acids is 1. The number of benzene rings is 4. The molecule has 1 N–H and O–H groups in total. The minimum absolute atomic E-state index is 0.0337. The van der Waals surface area contributed by atoms with Crippen molar-refractivity contribution in [3.63, 3.8) is 0 Å². The number of halogens is 3. The zero-order chi connectivity index (χ0) is 26.4. The van der Waals surface area contributed by atoms with E-state index in [1.807, 2.05) is 13.0 Å². The van der Waals surface area contributed by atoms with Crippen LogP contribution in [0.5, 0.6) is 34.5 Å². The molecule has 0 aliphatic rings. The number of alkyl halides is 3. The fourth-order valence-corrected chi connectivity index (χ4v) is 3.65. The van der Waals surface area contributed by atoms with Crippen molar-refractivity contribution in [1.82, 2.24) is 0 Å². The van der Waals surface area contributed by atoms with Gasteiger partial charge in [0.15, 0.2) is 11.5 Å². The van der Waals surface area contributed by atoms with E-state index in [4.69, 9.17) is 19.3 Å². The van der Waals surface area contributed by atoms with Crippen molar-refractivity contribution < 1.29 is 37.3 Å². The Labute approximate surface area is 211 Å². The number of rotatable bonds is 9. The number of hydrogen-bond donors (Lipinski definition) is 1. The first-order valence-corrected chi connectivity index (χ1v) is 11.4. The van der Waals surface area contributed by atoms with Gasteiger partial charge in [-0.05, 0) is 73.0 Å². The number of carbonyl (C=O) groups is 1. The van der Waals surface area contributed by atoms with E-state index in [-0.39, 0.29) is 23.7 Å². The van der Waals surface area contributed by atoms with Crippen LogP contribution in [-0.2, 0) is 17.4 Å². The lowest BCUT2D eigenvalue weighted by atomic mass is 10.0. The first kappa shape index (κ1) is 25.6. The zero-order valence-corrected chi connectivity index (χ0v) is 19.8. The zero-order valence-electron chi connectivity index (χ0n) is 19.8. The highest BCUT2D eigenvalue weighted by Gasteiger charge is 2.36. The smallest absolute Gasteiger partial charge is 0.420 e. The Morgan fingerprint density at radius 3 is 2.08 bits per heavy atom. The van der Waals surface area contributed by atoms with Crippen LogP contribution in [0, 0.1) is 6.92 Å². The summed E-state index contributed by atoms with van der Waals surface area (Å²) in [6.07, 6.45) is -4.20. The van der Waals surface area contributed by atoms with Crippen LogP contribution in [0.1, 0.15) is 23.1 Å². The van der Waals surface area contributed by atoms with E-state index >= 15 is 0 Å². The average Bonchev–Trinajstić information content (AvgIpc) is 2.85. The van der Waals surface area contributed by atoms with Crippen molar-refractivity contribution in [1.29, 1.82) is 0 Å². The molecule has 0 unspecified atom stereocenters. The third kappa shape index (κ3) is 6.82. The molecular formula is C29H23F3O5. The van der Waals surface area contributed by atoms with E-state index in [1.54, 1.807) is 66.7 Å². The molecule has 5 nitrogen and oxygen atoms in total. The van der Waals surface area contributed by atoms with Gasteiger partial charge in [0.05, 0.1) is 0 Å². The minimum Gasteiger partial charge on any atom is -0.481 e. The summed E-state index contributed by atoms with van der Waals surface area (Å²) in [5.41, 5.74) is 0.833. The number of aryl methyl sites for hydroxylation is 2. The van der Waals surface area contributed by atoms with Gasteiger partial charge in [-0.2, -0.15) is 13.2 Å². The Morgan fingerprint density at radius 1 is 0.757 bits per heavy atom. The average molecular weight is 508 g/mol. The van der Waals surface area contributed by atoms with Crippen LogP contribution < -0.4 is 14.2 Å². The standard InChI is InChI=1S/C29H23F3O5/c1-19-17-24(15-13-20(19)14-16-27(33)34)35-22-9-5-10-23(18-22)36-26-12-6-11-25(29(30,31)32)28(26)37-21-7-3-2-4-8-21/h2-13,15,17-18H,14,16H2,1H3,(H,33,34). The normalized spacial score (nSPS) is 11.1. The topological polar surface area (TPSA) is 65.0 Å². The molecule has 0 amide bonds. The third-order valence-electron chi connectivity index (χ3n) is 5.44. The van der Waals surface area contributed by atoms with Crippen LogP contribution in [0.15, 0.2) is 91.0 Å². The summed E-state index contributed by atoms with van der Waals surface area (Å²) in [7, 11) is 0. The summed E-state index contributed by atoms with van der Waals surface area (Å²) in [5.74, 6) is 0.0191. The van der Waals surface area contributed by atoms with Crippen LogP contribution in [0.2, 0.25) is 0 Å². The maximum atomic E-state index is 13.7. The van der Waals surface area contributed by atoms with Gasteiger partial charge >= 0.3 is 12.1 Å². The molecule has 0 bridgehead atoms. The molecule has 0 aliphatic heterocycles. The largest absolute Gasteiger partial charge is 0.481 e. The van der Waals surface area contributed by atoms with Crippen LogP contribution >= 0.6 is 0 Å². The van der Waals surface area contributed by atoms with Crippen molar-refractivity contribution in [3.8, 4) is 34.5 Å². The number of carboxylic acid groups (broad SMARTS) is 1. The fourth-order valence-electron chi connectivity index (χ4n) is 3.65. The van der Waals surface area contributed by atoms with E-state index < -0.39 is 23.5 Å². The molecule has 0 aromatic heterocycles. The summed E-state index contributed by atoms with van der Waals surface area (Å²) in [4.78, 5) is 10.8. The maximum absolute atomic E-state index is 13.7. The highest BCUT2D eigenvalue weighted by atomic mass is 19.4. The van der Waals surface area contributed by atoms with Gasteiger partial charge < -0.3 is 19.3 Å². The predicted octanol–water partition coefficient (Wildman–Crippen LogP) is 8.41. The molecule has 0 aliphatic carbocycles. The maximum Gasteiger partial charge on any atom is 0.420 e. The molecule has 4 aromatic carbocycles. The van der Waals surface area contributed by atoms with Crippen molar-refractivity contribution in [2.75, 3.05) is 0 Å². The summed E-state index contributed by atoms with van der Waals surface area (Å²) in [5, 5.41) is 8.89. The monoisotopic (exact) mass is 508 g/mol. The molecule has 0 fully saturated rings. The second kappa shape index (κ2) is 11.1. The van der Waals surface area contributed by atoms with Crippen LogP contribution in [0.3, 0.4) is 0 Å². The van der Waals surface area contributed by atoms with Crippen molar-refractivity contribution in [3.05, 3.63) is 108 Å². The molecule has 4 rings (SSSR count). The van der Waals surface area contributed by atoms with E-state index in [0.717, 1.165) is 17.2 Å². The van der Waals surface area contributed by atoms with Crippen LogP contribution in [0.4, 0.5) is 13.2 Å². The predicted molar refractivity (Wildman–Crippen MR) is 132 cm³/mol. The Balaban J connectivity index is 1.57. The van der Waals surface area contributed by atoms with Crippen LogP contribution in [0.25, 0.3) is 0 Å². The van der Waals surface area contributed by atoms with Crippen molar-refractivity contribution in [2.24, 2.45) is 0 Å². The number of hydrogen-bond acceptors (Lipinski definition) is 4. The summed E-state index contributed by atoms with van der Waals surface area (Å²) in [6, 6.07) is 23.6. The van der Waals surface area contributed by atoms with Gasteiger partial charge in [-0.3, -0.25) is 4.79 Å². The first-order valence-electron chi connectivity index (χ1n) is 11.4. The fraction of sp³-hybridized carbons (Fsp3) is 0.138. The molecule has 0 atom stereocenters. The highest BCUT2D eigenvalue weighted by Crippen LogP contribution is 2.45.